The summed E-state index contributed by atoms with van der Waals surface area (Å²) in [6.45, 7) is 0.813. The summed E-state index contributed by atoms with van der Waals surface area (Å²) < 4.78 is 31.7. The molecule has 0 radical (unpaired) electrons. The number of halogens is 3. The lowest BCUT2D eigenvalue weighted by Gasteiger charge is -2.31. The van der Waals surface area contributed by atoms with Gasteiger partial charge in [0.15, 0.2) is 0 Å². The van der Waals surface area contributed by atoms with Gasteiger partial charge in [-0.25, -0.2) is 4.79 Å². The number of benzene rings is 2. The van der Waals surface area contributed by atoms with Gasteiger partial charge in [-0.15, -0.1) is 11.3 Å². The van der Waals surface area contributed by atoms with Crippen LogP contribution in [0.25, 0.3) is 0 Å². The van der Waals surface area contributed by atoms with Gasteiger partial charge in [0.05, 0.1) is 6.42 Å². The van der Waals surface area contributed by atoms with E-state index in [2.05, 4.69) is 5.32 Å². The first kappa shape index (κ1) is 32.6. The lowest BCUT2D eigenvalue weighted by molar-refractivity contribution is -0.192. The predicted molar refractivity (Wildman–Crippen MR) is 149 cm³/mol. The highest BCUT2D eigenvalue weighted by atomic mass is 32.1. The number of amides is 2. The smallest absolute Gasteiger partial charge is 0.490 e. The van der Waals surface area contributed by atoms with Crippen molar-refractivity contribution in [3.05, 3.63) is 86.6 Å². The molecule has 11 nitrogen and oxygen atoms in total. The number of aromatic hydroxyl groups is 1. The van der Waals surface area contributed by atoms with Gasteiger partial charge in [0.1, 0.15) is 17.6 Å². The SMILES string of the molecule is N=C(N)c1ccc(C(=O)N[C@@H](Cc2ccc(O)cc2)C(=O)N2CCc3sc(CC(=O)O)cc3C2)cc1.O=C(O)C(F)(F)F. The maximum atomic E-state index is 13.6. The minimum Gasteiger partial charge on any atom is -0.508 e. The van der Waals surface area contributed by atoms with Crippen LogP contribution in [0.15, 0.2) is 54.6 Å². The largest absolute Gasteiger partial charge is 0.508 e. The molecule has 2 aromatic carbocycles. The van der Waals surface area contributed by atoms with E-state index < -0.39 is 30.1 Å². The Labute approximate surface area is 246 Å². The van der Waals surface area contributed by atoms with Gasteiger partial charge < -0.3 is 31.3 Å². The number of aliphatic carboxylic acids is 2. The van der Waals surface area contributed by atoms with Crippen molar-refractivity contribution in [1.82, 2.24) is 10.2 Å². The Morgan fingerprint density at radius 1 is 1.02 bits per heavy atom. The van der Waals surface area contributed by atoms with Gasteiger partial charge in [-0.1, -0.05) is 24.3 Å². The van der Waals surface area contributed by atoms with Gasteiger partial charge >= 0.3 is 18.1 Å². The summed E-state index contributed by atoms with van der Waals surface area (Å²) in [5, 5.41) is 36.2. The minimum absolute atomic E-state index is 0.0480. The molecule has 0 saturated carbocycles. The number of hydrogen-bond acceptors (Lipinski definition) is 7. The number of nitrogens with one attached hydrogen (secondary N) is 2. The van der Waals surface area contributed by atoms with Crippen molar-refractivity contribution in [2.45, 2.75) is 38.0 Å². The molecule has 2 heterocycles. The molecule has 1 aromatic heterocycles. The highest BCUT2D eigenvalue weighted by Gasteiger charge is 2.38. The zero-order valence-corrected chi connectivity index (χ0v) is 23.2. The first-order valence-electron chi connectivity index (χ1n) is 12.6. The van der Waals surface area contributed by atoms with E-state index >= 15 is 0 Å². The third-order valence-corrected chi connectivity index (χ3v) is 7.47. The Hall–Kier alpha value is -4.92. The van der Waals surface area contributed by atoms with Crippen LogP contribution in [0.5, 0.6) is 5.75 Å². The van der Waals surface area contributed by atoms with Crippen LogP contribution >= 0.6 is 11.3 Å². The van der Waals surface area contributed by atoms with E-state index in [0.717, 1.165) is 20.9 Å². The van der Waals surface area contributed by atoms with Gasteiger partial charge in [-0.05, 0) is 47.9 Å². The van der Waals surface area contributed by atoms with Crippen molar-refractivity contribution in [1.29, 1.82) is 5.41 Å². The van der Waals surface area contributed by atoms with Crippen molar-refractivity contribution in [3.8, 4) is 5.75 Å². The second-order valence-corrected chi connectivity index (χ2v) is 10.7. The van der Waals surface area contributed by atoms with Gasteiger partial charge in [0.2, 0.25) is 5.91 Å². The van der Waals surface area contributed by atoms with E-state index in [4.69, 9.17) is 26.2 Å². The lowest BCUT2D eigenvalue weighted by atomic mass is 10.0. The van der Waals surface area contributed by atoms with Crippen LogP contribution in [0.3, 0.4) is 0 Å². The van der Waals surface area contributed by atoms with Crippen LogP contribution in [0, 0.1) is 5.41 Å². The summed E-state index contributed by atoms with van der Waals surface area (Å²) in [6.07, 6.45) is -4.28. The quantitative estimate of drug-likeness (QED) is 0.163. The number of carbonyl (C=O) groups excluding carboxylic acids is 2. The summed E-state index contributed by atoms with van der Waals surface area (Å²) in [7, 11) is 0. The summed E-state index contributed by atoms with van der Waals surface area (Å²) >= 11 is 1.46. The normalized spacial score (nSPS) is 13.1. The number of thiophene rings is 1. The number of amidine groups is 1. The number of carboxylic acid groups (broad SMARTS) is 2. The molecule has 0 unspecified atom stereocenters. The number of hydrogen-bond donors (Lipinski definition) is 6. The van der Waals surface area contributed by atoms with Gasteiger partial charge in [-0.3, -0.25) is 19.8 Å². The van der Waals surface area contributed by atoms with Crippen LogP contribution in [-0.2, 0) is 40.2 Å². The van der Waals surface area contributed by atoms with Crippen LogP contribution in [0.1, 0.15) is 36.8 Å². The lowest BCUT2D eigenvalue weighted by Crippen LogP contribution is -2.50. The van der Waals surface area contributed by atoms with Crippen molar-refractivity contribution in [3.63, 3.8) is 0 Å². The molecule has 7 N–H and O–H groups in total. The number of rotatable bonds is 8. The molecule has 0 saturated heterocycles. The monoisotopic (exact) mass is 620 g/mol. The van der Waals surface area contributed by atoms with E-state index in [-0.39, 0.29) is 30.3 Å². The predicted octanol–water partition coefficient (Wildman–Crippen LogP) is 2.92. The molecule has 1 aliphatic heterocycles. The van der Waals surface area contributed by atoms with E-state index in [9.17, 15) is 32.7 Å². The maximum Gasteiger partial charge on any atom is 0.490 e. The van der Waals surface area contributed by atoms with Gasteiger partial charge in [-0.2, -0.15) is 13.2 Å². The molecule has 228 valence electrons. The molecule has 4 rings (SSSR count). The average molecular weight is 621 g/mol. The first-order valence-corrected chi connectivity index (χ1v) is 13.4. The standard InChI is InChI=1S/C26H26N4O5S.C2HF3O2/c27-24(28)16-3-5-17(6-4-16)25(34)29-21(11-15-1-7-19(31)8-2-15)26(35)30-10-9-22-18(14-30)12-20(36-22)13-23(32)33;3-2(4,5)1(6)7/h1-8,12,21,31H,9-11,13-14H2,(H3,27,28)(H,29,34)(H,32,33);(H,6,7)/t21-;/m0./s1. The zero-order valence-electron chi connectivity index (χ0n) is 22.4. The highest BCUT2D eigenvalue weighted by molar-refractivity contribution is 7.12. The van der Waals surface area contributed by atoms with Gasteiger partial charge in [0, 0.05) is 40.4 Å². The fourth-order valence-electron chi connectivity index (χ4n) is 4.15. The average Bonchev–Trinajstić information content (AvgIpc) is 3.34. The molecule has 0 aliphatic carbocycles. The topological polar surface area (TPSA) is 194 Å². The second-order valence-electron chi connectivity index (χ2n) is 9.43. The number of phenolic OH excluding ortho intramolecular Hbond substituents is 1. The third-order valence-electron chi connectivity index (χ3n) is 6.23. The summed E-state index contributed by atoms with van der Waals surface area (Å²) in [4.78, 5) is 50.1. The molecule has 1 atom stereocenters. The number of carbonyl (C=O) groups is 4. The number of phenols is 1. The Kier molecular flexibility index (Phi) is 10.5. The summed E-state index contributed by atoms with van der Waals surface area (Å²) in [5.74, 6) is -4.32. The number of nitrogen functional groups attached to an aromatic ring is 1. The molecular formula is C28H27F3N4O7S. The molecule has 3 aromatic rings. The molecule has 1 aliphatic rings. The fourth-order valence-corrected chi connectivity index (χ4v) is 5.31. The maximum absolute atomic E-state index is 13.6. The number of carboxylic acids is 2. The van der Waals surface area contributed by atoms with Crippen molar-refractivity contribution >= 4 is 40.9 Å². The molecular weight excluding hydrogens is 593 g/mol. The fraction of sp³-hybridized carbons (Fsp3) is 0.250. The van der Waals surface area contributed by atoms with Crippen LogP contribution in [-0.4, -0.2) is 68.6 Å². The Bertz CT molecular complexity index is 1510. The Balaban J connectivity index is 0.000000646. The van der Waals surface area contributed by atoms with E-state index in [1.165, 1.54) is 23.5 Å². The number of alkyl halides is 3. The minimum atomic E-state index is -5.08. The molecule has 0 spiro atoms. The Morgan fingerprint density at radius 2 is 1.60 bits per heavy atom. The third kappa shape index (κ3) is 9.29. The van der Waals surface area contributed by atoms with E-state index in [0.29, 0.717) is 30.6 Å². The van der Waals surface area contributed by atoms with Crippen LogP contribution in [0.4, 0.5) is 13.2 Å². The number of fused-ring (bicyclic) bond motifs is 1. The second kappa shape index (κ2) is 13.8. The molecule has 15 heteroatoms. The van der Waals surface area contributed by atoms with E-state index in [1.807, 2.05) is 6.07 Å². The number of nitrogens with two attached hydrogens (primary N) is 1. The van der Waals surface area contributed by atoms with Crippen molar-refractivity contribution in [2.75, 3.05) is 6.54 Å². The molecule has 0 bridgehead atoms. The zero-order chi connectivity index (χ0) is 31.9. The summed E-state index contributed by atoms with van der Waals surface area (Å²) in [5.41, 5.74) is 8.02. The van der Waals surface area contributed by atoms with E-state index in [1.54, 1.807) is 41.3 Å². The van der Waals surface area contributed by atoms with Crippen molar-refractivity contribution < 1.29 is 47.7 Å². The number of nitrogens with zero attached hydrogens (tertiary/aromatic N) is 1. The molecule has 0 fully saturated rings. The van der Waals surface area contributed by atoms with Crippen molar-refractivity contribution in [2.24, 2.45) is 5.73 Å². The first-order chi connectivity index (χ1) is 20.1. The molecule has 2 amide bonds. The van der Waals surface area contributed by atoms with Crippen LogP contribution < -0.4 is 11.1 Å². The highest BCUT2D eigenvalue weighted by Crippen LogP contribution is 2.29. The van der Waals surface area contributed by atoms with Crippen LogP contribution in [0.2, 0.25) is 0 Å². The summed E-state index contributed by atoms with van der Waals surface area (Å²) in [6, 6.07) is 13.7. The molecule has 43 heavy (non-hydrogen) atoms. The Morgan fingerprint density at radius 3 is 2.14 bits per heavy atom. The van der Waals surface area contributed by atoms with Gasteiger partial charge in [0.25, 0.3) is 5.91 Å².